The van der Waals surface area contributed by atoms with E-state index in [0.29, 0.717) is 5.92 Å². The number of likely N-dealkylation sites (tertiary alicyclic amines) is 1. The van der Waals surface area contributed by atoms with E-state index in [-0.39, 0.29) is 25.1 Å². The molecular weight excluding hydrogens is 298 g/mol. The molecule has 1 saturated heterocycles. The highest BCUT2D eigenvalue weighted by Gasteiger charge is 2.46. The Kier molecular flexibility index (Phi) is 6.15. The first-order valence-electron chi connectivity index (χ1n) is 8.09. The normalized spacial score (nSPS) is 26.9. The number of urea groups is 1. The summed E-state index contributed by atoms with van der Waals surface area (Å²) in [5.41, 5.74) is 0. The van der Waals surface area contributed by atoms with Crippen LogP contribution in [-0.2, 0) is 14.3 Å². The number of carbonyl (C=O) groups excluding carboxylic acids is 3. The number of nitrogens with one attached hydrogen (secondary N) is 2. The van der Waals surface area contributed by atoms with Crippen LogP contribution in [0.5, 0.6) is 0 Å². The van der Waals surface area contributed by atoms with Crippen LogP contribution in [-0.4, -0.2) is 55.1 Å². The van der Waals surface area contributed by atoms with Gasteiger partial charge in [-0.1, -0.05) is 18.9 Å². The first kappa shape index (κ1) is 17.5. The van der Waals surface area contributed by atoms with E-state index in [0.717, 1.165) is 25.7 Å². The lowest BCUT2D eigenvalue weighted by molar-refractivity contribution is -0.146. The highest BCUT2D eigenvalue weighted by molar-refractivity contribution is 5.95. The lowest BCUT2D eigenvalue weighted by atomic mass is 9.85. The number of hydrogen-bond donors (Lipinski definition) is 2. The van der Waals surface area contributed by atoms with Crippen LogP contribution in [0.2, 0.25) is 0 Å². The summed E-state index contributed by atoms with van der Waals surface area (Å²) in [6.07, 6.45) is 6.59. The number of fused-ring (bicyclic) bond motifs is 1. The molecule has 128 valence electrons. The standard InChI is InChI=1S/C16H25N3O4/c1-3-8-17-16(22)18-14(20)10-19-12-7-5-4-6-11(12)9-13(19)15(21)23-2/h3,11-13H,1,4-10H2,2H3,(H2,17,18,20,22)/t11-,12+,13+/m1/s1. The minimum Gasteiger partial charge on any atom is -0.468 e. The van der Waals surface area contributed by atoms with Crippen LogP contribution in [0.25, 0.3) is 0 Å². The van der Waals surface area contributed by atoms with E-state index in [4.69, 9.17) is 4.74 Å². The molecule has 0 bridgehead atoms. The largest absolute Gasteiger partial charge is 0.468 e. The Bertz CT molecular complexity index is 480. The predicted octanol–water partition coefficient (Wildman–Crippen LogP) is 0.804. The molecular formula is C16H25N3O4. The molecule has 2 N–H and O–H groups in total. The van der Waals surface area contributed by atoms with Crippen LogP contribution < -0.4 is 10.6 Å². The summed E-state index contributed by atoms with van der Waals surface area (Å²) in [4.78, 5) is 37.6. The molecule has 1 heterocycles. The minimum atomic E-state index is -0.552. The van der Waals surface area contributed by atoms with Crippen molar-refractivity contribution in [3.63, 3.8) is 0 Å². The van der Waals surface area contributed by atoms with Crippen molar-refractivity contribution in [2.24, 2.45) is 5.92 Å². The number of hydrogen-bond acceptors (Lipinski definition) is 5. The summed E-state index contributed by atoms with van der Waals surface area (Å²) < 4.78 is 4.88. The molecule has 7 heteroatoms. The molecule has 0 spiro atoms. The molecule has 1 aliphatic heterocycles. The third kappa shape index (κ3) is 4.31. The molecule has 0 aromatic heterocycles. The Morgan fingerprint density at radius 3 is 2.74 bits per heavy atom. The highest BCUT2D eigenvalue weighted by Crippen LogP contribution is 2.39. The van der Waals surface area contributed by atoms with Gasteiger partial charge < -0.3 is 10.1 Å². The lowest BCUT2D eigenvalue weighted by Gasteiger charge is -2.32. The topological polar surface area (TPSA) is 87.7 Å². The van der Waals surface area contributed by atoms with Crippen molar-refractivity contribution in [3.05, 3.63) is 12.7 Å². The quantitative estimate of drug-likeness (QED) is 0.577. The SMILES string of the molecule is C=CCNC(=O)NC(=O)CN1[C@H](C(=O)OC)C[C@H]2CCCC[C@@H]21. The van der Waals surface area contributed by atoms with Gasteiger partial charge in [0.2, 0.25) is 5.91 Å². The predicted molar refractivity (Wildman–Crippen MR) is 84.6 cm³/mol. The first-order chi connectivity index (χ1) is 11.1. The number of carbonyl (C=O) groups is 3. The molecule has 0 radical (unpaired) electrons. The van der Waals surface area contributed by atoms with Gasteiger partial charge in [0.1, 0.15) is 6.04 Å². The van der Waals surface area contributed by atoms with Crippen molar-refractivity contribution in [2.45, 2.75) is 44.2 Å². The molecule has 0 aromatic carbocycles. The second-order valence-corrected chi connectivity index (χ2v) is 6.11. The van der Waals surface area contributed by atoms with E-state index >= 15 is 0 Å². The second-order valence-electron chi connectivity index (χ2n) is 6.11. The lowest BCUT2D eigenvalue weighted by Crippen LogP contribution is -2.50. The van der Waals surface area contributed by atoms with Crippen LogP contribution in [0.4, 0.5) is 4.79 Å². The van der Waals surface area contributed by atoms with Gasteiger partial charge in [-0.15, -0.1) is 6.58 Å². The maximum absolute atomic E-state index is 12.1. The zero-order chi connectivity index (χ0) is 16.8. The third-order valence-corrected chi connectivity index (χ3v) is 4.68. The van der Waals surface area contributed by atoms with Crippen LogP contribution >= 0.6 is 0 Å². The number of esters is 1. The van der Waals surface area contributed by atoms with Crippen molar-refractivity contribution >= 4 is 17.9 Å². The maximum atomic E-state index is 12.1. The Labute approximate surface area is 136 Å². The van der Waals surface area contributed by atoms with Crippen LogP contribution in [0.3, 0.4) is 0 Å². The molecule has 3 amide bonds. The molecule has 1 aliphatic carbocycles. The number of ether oxygens (including phenoxy) is 1. The Morgan fingerprint density at radius 2 is 2.04 bits per heavy atom. The number of methoxy groups -OCH3 is 1. The van der Waals surface area contributed by atoms with Crippen LogP contribution in [0.1, 0.15) is 32.1 Å². The Balaban J connectivity index is 1.98. The molecule has 23 heavy (non-hydrogen) atoms. The zero-order valence-corrected chi connectivity index (χ0v) is 13.5. The highest BCUT2D eigenvalue weighted by atomic mass is 16.5. The van der Waals surface area contributed by atoms with Gasteiger partial charge in [-0.05, 0) is 25.2 Å². The van der Waals surface area contributed by atoms with E-state index in [2.05, 4.69) is 17.2 Å². The molecule has 2 fully saturated rings. The van der Waals surface area contributed by atoms with Crippen molar-refractivity contribution < 1.29 is 19.1 Å². The van der Waals surface area contributed by atoms with Gasteiger partial charge >= 0.3 is 12.0 Å². The van der Waals surface area contributed by atoms with Gasteiger partial charge in [-0.2, -0.15) is 0 Å². The molecule has 0 aromatic rings. The summed E-state index contributed by atoms with van der Waals surface area (Å²) in [6, 6.07) is -0.728. The van der Waals surface area contributed by atoms with Crippen LogP contribution in [0.15, 0.2) is 12.7 Å². The summed E-state index contributed by atoms with van der Waals surface area (Å²) >= 11 is 0. The van der Waals surface area contributed by atoms with E-state index in [1.165, 1.54) is 19.6 Å². The monoisotopic (exact) mass is 323 g/mol. The fraction of sp³-hybridized carbons (Fsp3) is 0.688. The summed E-state index contributed by atoms with van der Waals surface area (Å²) in [5, 5.41) is 4.77. The molecule has 0 unspecified atom stereocenters. The van der Waals surface area contributed by atoms with E-state index in [9.17, 15) is 14.4 Å². The fourth-order valence-electron chi connectivity index (χ4n) is 3.69. The summed E-state index contributed by atoms with van der Waals surface area (Å²) in [5.74, 6) is -0.287. The fourth-order valence-corrected chi connectivity index (χ4v) is 3.69. The number of amides is 3. The summed E-state index contributed by atoms with van der Waals surface area (Å²) in [6.45, 7) is 3.81. The zero-order valence-electron chi connectivity index (χ0n) is 13.5. The second kappa shape index (κ2) is 8.10. The molecule has 2 rings (SSSR count). The van der Waals surface area contributed by atoms with Gasteiger partial charge in [0.15, 0.2) is 0 Å². The van der Waals surface area contributed by atoms with E-state index in [1.807, 2.05) is 4.90 Å². The minimum absolute atomic E-state index is 0.0302. The first-order valence-corrected chi connectivity index (χ1v) is 8.09. The van der Waals surface area contributed by atoms with Gasteiger partial charge in [-0.3, -0.25) is 19.8 Å². The maximum Gasteiger partial charge on any atom is 0.323 e. The Hall–Kier alpha value is -1.89. The number of rotatable bonds is 5. The van der Waals surface area contributed by atoms with Crippen molar-refractivity contribution in [2.75, 3.05) is 20.2 Å². The molecule has 3 atom stereocenters. The van der Waals surface area contributed by atoms with E-state index in [1.54, 1.807) is 0 Å². The molecule has 2 aliphatic rings. The van der Waals surface area contributed by atoms with E-state index < -0.39 is 18.0 Å². The average molecular weight is 323 g/mol. The average Bonchev–Trinajstić information content (AvgIpc) is 2.90. The van der Waals surface area contributed by atoms with Gasteiger partial charge in [0.05, 0.1) is 13.7 Å². The third-order valence-electron chi connectivity index (χ3n) is 4.68. The number of imide groups is 1. The van der Waals surface area contributed by atoms with Crippen molar-refractivity contribution in [3.8, 4) is 0 Å². The van der Waals surface area contributed by atoms with Crippen molar-refractivity contribution in [1.29, 1.82) is 0 Å². The smallest absolute Gasteiger partial charge is 0.323 e. The van der Waals surface area contributed by atoms with Gasteiger partial charge in [-0.25, -0.2) is 4.79 Å². The molecule has 7 nitrogen and oxygen atoms in total. The molecule has 1 saturated carbocycles. The summed E-state index contributed by atoms with van der Waals surface area (Å²) in [7, 11) is 1.37. The van der Waals surface area contributed by atoms with Gasteiger partial charge in [0.25, 0.3) is 0 Å². The van der Waals surface area contributed by atoms with Crippen molar-refractivity contribution in [1.82, 2.24) is 15.5 Å². The van der Waals surface area contributed by atoms with Gasteiger partial charge in [0, 0.05) is 12.6 Å². The van der Waals surface area contributed by atoms with Crippen LogP contribution in [0, 0.1) is 5.92 Å². The number of nitrogens with zero attached hydrogens (tertiary/aromatic N) is 1. The Morgan fingerprint density at radius 1 is 1.30 bits per heavy atom.